The lowest BCUT2D eigenvalue weighted by Gasteiger charge is -2.19. The summed E-state index contributed by atoms with van der Waals surface area (Å²) >= 11 is 1.82. The molecule has 2 N–H and O–H groups in total. The van der Waals surface area contributed by atoms with Gasteiger partial charge in [0.05, 0.1) is 15.2 Å². The van der Waals surface area contributed by atoms with Gasteiger partial charge in [0.1, 0.15) is 0 Å². The number of aromatic nitrogens is 1. The minimum atomic E-state index is 0.519. The van der Waals surface area contributed by atoms with E-state index in [-0.39, 0.29) is 0 Å². The van der Waals surface area contributed by atoms with Gasteiger partial charge < -0.3 is 5.73 Å². The van der Waals surface area contributed by atoms with E-state index in [2.05, 4.69) is 42.1 Å². The first-order chi connectivity index (χ1) is 9.21. The topological polar surface area (TPSA) is 42.1 Å². The van der Waals surface area contributed by atoms with E-state index in [4.69, 9.17) is 5.73 Å². The van der Waals surface area contributed by atoms with E-state index >= 15 is 0 Å². The van der Waals surface area contributed by atoms with Crippen LogP contribution in [0.3, 0.4) is 0 Å². The third-order valence-corrected chi connectivity index (χ3v) is 5.27. The monoisotopic (exact) mass is 275 g/mol. The Morgan fingerprint density at radius 2 is 2.32 bits per heavy atom. The molecule has 0 saturated carbocycles. The molecular weight excluding hydrogens is 254 g/mol. The number of likely N-dealkylation sites (tertiary alicyclic amines) is 1. The fourth-order valence-electron chi connectivity index (χ4n) is 3.01. The van der Waals surface area contributed by atoms with Gasteiger partial charge in [0.25, 0.3) is 0 Å². The highest BCUT2D eigenvalue weighted by molar-refractivity contribution is 7.18. The predicted octanol–water partition coefficient (Wildman–Crippen LogP) is 2.81. The molecule has 2 atom stereocenters. The van der Waals surface area contributed by atoms with Gasteiger partial charge >= 0.3 is 0 Å². The van der Waals surface area contributed by atoms with Crippen molar-refractivity contribution in [3.63, 3.8) is 0 Å². The van der Waals surface area contributed by atoms with Gasteiger partial charge in [-0.05, 0) is 50.0 Å². The van der Waals surface area contributed by atoms with Crippen LogP contribution in [0.4, 0.5) is 0 Å². The van der Waals surface area contributed by atoms with E-state index in [9.17, 15) is 0 Å². The molecule has 1 aliphatic heterocycles. The van der Waals surface area contributed by atoms with Gasteiger partial charge in [-0.25, -0.2) is 4.98 Å². The van der Waals surface area contributed by atoms with Crippen LogP contribution < -0.4 is 5.73 Å². The van der Waals surface area contributed by atoms with Crippen molar-refractivity contribution in [1.29, 1.82) is 0 Å². The average molecular weight is 275 g/mol. The molecule has 0 radical (unpaired) electrons. The molecule has 1 aromatic heterocycles. The largest absolute Gasteiger partial charge is 0.330 e. The molecule has 1 aliphatic rings. The summed E-state index contributed by atoms with van der Waals surface area (Å²) in [5, 5.41) is 1.23. The minimum Gasteiger partial charge on any atom is -0.330 e. The maximum atomic E-state index is 5.81. The SMILES string of the molecule is CCc1nc2ccc(C3CC(CN)CN3C)cc2s1. The van der Waals surface area contributed by atoms with Crippen molar-refractivity contribution in [2.75, 3.05) is 20.1 Å². The van der Waals surface area contributed by atoms with Gasteiger partial charge in [0.2, 0.25) is 0 Å². The van der Waals surface area contributed by atoms with Crippen molar-refractivity contribution in [2.45, 2.75) is 25.8 Å². The molecule has 0 amide bonds. The molecule has 19 heavy (non-hydrogen) atoms. The first-order valence-corrected chi connectivity index (χ1v) is 7.82. The lowest BCUT2D eigenvalue weighted by Crippen LogP contribution is -2.20. The number of thiazole rings is 1. The quantitative estimate of drug-likeness (QED) is 0.936. The fraction of sp³-hybridized carbons (Fsp3) is 0.533. The molecule has 3 rings (SSSR count). The highest BCUT2D eigenvalue weighted by Gasteiger charge is 2.29. The summed E-state index contributed by atoms with van der Waals surface area (Å²) < 4.78 is 1.32. The van der Waals surface area contributed by atoms with Gasteiger partial charge in [-0.2, -0.15) is 0 Å². The van der Waals surface area contributed by atoms with Crippen molar-refractivity contribution < 1.29 is 0 Å². The molecule has 1 saturated heterocycles. The second-order valence-electron chi connectivity index (χ2n) is 5.48. The number of aryl methyl sites for hydroxylation is 1. The molecule has 1 aromatic carbocycles. The van der Waals surface area contributed by atoms with Gasteiger partial charge in [0.15, 0.2) is 0 Å². The number of nitrogens with two attached hydrogens (primary N) is 1. The molecule has 4 heteroatoms. The van der Waals surface area contributed by atoms with E-state index in [1.807, 2.05) is 11.3 Å². The van der Waals surface area contributed by atoms with Crippen molar-refractivity contribution in [2.24, 2.45) is 11.7 Å². The van der Waals surface area contributed by atoms with Crippen LogP contribution in [0.15, 0.2) is 18.2 Å². The molecule has 2 heterocycles. The maximum Gasteiger partial charge on any atom is 0.0935 e. The Bertz CT molecular complexity index is 578. The summed E-state index contributed by atoms with van der Waals surface area (Å²) in [6.07, 6.45) is 2.20. The molecular formula is C15H21N3S. The summed E-state index contributed by atoms with van der Waals surface area (Å²) in [6.45, 7) is 4.07. The number of hydrogen-bond acceptors (Lipinski definition) is 4. The zero-order chi connectivity index (χ0) is 13.4. The number of hydrogen-bond donors (Lipinski definition) is 1. The highest BCUT2D eigenvalue weighted by atomic mass is 32.1. The van der Waals surface area contributed by atoms with Crippen LogP contribution in [0.1, 0.15) is 30.0 Å². The summed E-state index contributed by atoms with van der Waals surface area (Å²) in [5.41, 5.74) is 8.37. The zero-order valence-electron chi connectivity index (χ0n) is 11.6. The Morgan fingerprint density at radius 1 is 1.47 bits per heavy atom. The van der Waals surface area contributed by atoms with Crippen molar-refractivity contribution >= 4 is 21.6 Å². The first kappa shape index (κ1) is 13.0. The van der Waals surface area contributed by atoms with E-state index in [1.54, 1.807) is 0 Å². The van der Waals surface area contributed by atoms with Crippen LogP contribution in [-0.4, -0.2) is 30.0 Å². The average Bonchev–Trinajstić information content (AvgIpc) is 3.00. The third kappa shape index (κ3) is 2.40. The third-order valence-electron chi connectivity index (χ3n) is 4.11. The summed E-state index contributed by atoms with van der Waals surface area (Å²) in [6, 6.07) is 7.25. The molecule has 0 bridgehead atoms. The molecule has 102 valence electrons. The normalized spacial score (nSPS) is 24.4. The Balaban J connectivity index is 1.92. The predicted molar refractivity (Wildman–Crippen MR) is 81.5 cm³/mol. The number of fused-ring (bicyclic) bond motifs is 1. The summed E-state index contributed by atoms with van der Waals surface area (Å²) in [7, 11) is 2.20. The molecule has 2 unspecified atom stereocenters. The molecule has 0 aliphatic carbocycles. The van der Waals surface area contributed by atoms with Crippen molar-refractivity contribution in [3.8, 4) is 0 Å². The van der Waals surface area contributed by atoms with Crippen molar-refractivity contribution in [1.82, 2.24) is 9.88 Å². The standard InChI is InChI=1S/C15H21N3S/c1-3-15-17-12-5-4-11(7-14(12)19-15)13-6-10(8-16)9-18(13)2/h4-5,7,10,13H,3,6,8-9,16H2,1-2H3. The van der Waals surface area contributed by atoms with E-state index in [1.165, 1.54) is 21.7 Å². The molecule has 3 nitrogen and oxygen atoms in total. The van der Waals surface area contributed by atoms with Crippen molar-refractivity contribution in [3.05, 3.63) is 28.8 Å². The van der Waals surface area contributed by atoms with Crippen LogP contribution in [-0.2, 0) is 6.42 Å². The first-order valence-electron chi connectivity index (χ1n) is 7.01. The van der Waals surface area contributed by atoms with E-state index < -0.39 is 0 Å². The van der Waals surface area contributed by atoms with Gasteiger partial charge in [0, 0.05) is 12.6 Å². The second-order valence-corrected chi connectivity index (χ2v) is 6.60. The smallest absolute Gasteiger partial charge is 0.0935 e. The number of benzene rings is 1. The number of rotatable bonds is 3. The van der Waals surface area contributed by atoms with Crippen LogP contribution in [0.5, 0.6) is 0 Å². The van der Waals surface area contributed by atoms with Crippen LogP contribution in [0, 0.1) is 5.92 Å². The Labute approximate surface area is 118 Å². The van der Waals surface area contributed by atoms with Crippen LogP contribution in [0.25, 0.3) is 10.2 Å². The van der Waals surface area contributed by atoms with E-state index in [0.717, 1.165) is 25.0 Å². The van der Waals surface area contributed by atoms with E-state index in [0.29, 0.717) is 12.0 Å². The molecule has 2 aromatic rings. The fourth-order valence-corrected chi connectivity index (χ4v) is 3.97. The number of nitrogens with zero attached hydrogens (tertiary/aromatic N) is 2. The second kappa shape index (κ2) is 5.19. The summed E-state index contributed by atoms with van der Waals surface area (Å²) in [4.78, 5) is 7.07. The van der Waals surface area contributed by atoms with Gasteiger partial charge in [-0.15, -0.1) is 11.3 Å². The molecule has 1 fully saturated rings. The Morgan fingerprint density at radius 3 is 3.00 bits per heavy atom. The minimum absolute atomic E-state index is 0.519. The lowest BCUT2D eigenvalue weighted by atomic mass is 10.00. The maximum absolute atomic E-state index is 5.81. The molecule has 0 spiro atoms. The Kier molecular flexibility index (Phi) is 3.56. The zero-order valence-corrected chi connectivity index (χ0v) is 12.4. The Hall–Kier alpha value is -0.970. The lowest BCUT2D eigenvalue weighted by molar-refractivity contribution is 0.314. The van der Waals surface area contributed by atoms with Gasteiger partial charge in [-0.1, -0.05) is 13.0 Å². The summed E-state index contributed by atoms with van der Waals surface area (Å²) in [5.74, 6) is 0.637. The van der Waals surface area contributed by atoms with Crippen LogP contribution in [0.2, 0.25) is 0 Å². The van der Waals surface area contributed by atoms with Gasteiger partial charge in [-0.3, -0.25) is 4.90 Å². The van der Waals surface area contributed by atoms with Crippen LogP contribution >= 0.6 is 11.3 Å². The highest BCUT2D eigenvalue weighted by Crippen LogP contribution is 2.35.